The summed E-state index contributed by atoms with van der Waals surface area (Å²) in [4.78, 5) is 0. The van der Waals surface area contributed by atoms with E-state index in [1.807, 2.05) is 125 Å². The average Bonchev–Trinajstić information content (AvgIpc) is 3.21. The molecule has 0 aliphatic heterocycles. The van der Waals surface area contributed by atoms with Gasteiger partial charge >= 0.3 is 51.6 Å². The quantitative estimate of drug-likeness (QED) is 0.0543. The fraction of sp³-hybridized carbons (Fsp3) is 1.00. The molecule has 0 fully saturated rings. The molecule has 0 aromatic carbocycles. The number of rotatable bonds is 36. The summed E-state index contributed by atoms with van der Waals surface area (Å²) in [6, 6.07) is 0. The van der Waals surface area contributed by atoms with Crippen LogP contribution in [0.4, 0.5) is 0 Å². The van der Waals surface area contributed by atoms with Crippen molar-refractivity contribution in [3.8, 4) is 0 Å². The Morgan fingerprint density at radius 2 is 0.197 bits per heavy atom. The largest absolute Gasteiger partial charge is 0.332 e. The third-order valence-electron chi connectivity index (χ3n) is 4.22. The molecule has 0 spiro atoms. The fourth-order valence-corrected chi connectivity index (χ4v) is 7.70. The first-order valence-electron chi connectivity index (χ1n) is 21.2. The Balaban J connectivity index is -0.000000114. The van der Waals surface area contributed by atoms with Crippen LogP contribution in [-0.4, -0.2) is 119 Å². The van der Waals surface area contributed by atoms with E-state index in [2.05, 4.69) is 0 Å². The summed E-state index contributed by atoms with van der Waals surface area (Å²) in [5.41, 5.74) is 0. The normalized spacial score (nSPS) is 10.6. The molecule has 0 rings (SSSR count). The second-order valence-electron chi connectivity index (χ2n) is 8.86. The van der Waals surface area contributed by atoms with Crippen molar-refractivity contribution >= 4 is 51.6 Å². The summed E-state index contributed by atoms with van der Waals surface area (Å²) in [6.45, 7) is 46.2. The Kier molecular flexibility index (Phi) is 94.1. The van der Waals surface area contributed by atoms with Crippen molar-refractivity contribution in [3.63, 3.8) is 0 Å². The van der Waals surface area contributed by atoms with Gasteiger partial charge in [-0.3, -0.25) is 0 Å². The molecule has 0 aromatic rings. The van der Waals surface area contributed by atoms with Crippen molar-refractivity contribution in [2.24, 2.45) is 0 Å². The van der Waals surface area contributed by atoms with Crippen LogP contribution in [-0.2, 0) is 98.8 Å². The zero-order valence-corrected chi connectivity index (χ0v) is 47.8. The predicted octanol–water partition coefficient (Wildman–Crippen LogP) is 13.9. The van der Waals surface area contributed by atoms with E-state index in [1.54, 1.807) is 0 Å². The molecule has 0 aliphatic rings. The molecule has 0 aromatic heterocycles. The monoisotopic (exact) mass is 1050 g/mol. The summed E-state index contributed by atoms with van der Waals surface area (Å²) < 4.78 is 92.6. The fourth-order valence-electron chi connectivity index (χ4n) is 2.57. The molecule has 0 bridgehead atoms. The van der Waals surface area contributed by atoms with E-state index >= 15 is 0 Å². The van der Waals surface area contributed by atoms with Crippen LogP contribution in [0, 0.1) is 0 Å². The minimum absolute atomic E-state index is 0. The molecule has 0 radical (unpaired) electrons. The molecule has 0 aliphatic carbocycles. The molecule has 18 nitrogen and oxygen atoms in total. The van der Waals surface area contributed by atoms with Crippen LogP contribution < -0.4 is 0 Å². The van der Waals surface area contributed by atoms with Crippen LogP contribution in [0.2, 0.25) is 0 Å². The van der Waals surface area contributed by atoms with Crippen LogP contribution >= 0.6 is 51.6 Å². The number of hydrogen-bond acceptors (Lipinski definition) is 18. The molecule has 25 heteroatoms. The van der Waals surface area contributed by atoms with E-state index in [0.717, 1.165) is 0 Å². The Bertz CT molecular complexity index is 481. The molecule has 0 amide bonds. The summed E-state index contributed by atoms with van der Waals surface area (Å²) in [6.07, 6.45) is 0. The van der Waals surface area contributed by atoms with Gasteiger partial charge < -0.3 is 81.4 Å². The van der Waals surface area contributed by atoms with Gasteiger partial charge in [-0.2, -0.15) is 0 Å². The van der Waals surface area contributed by atoms with Crippen molar-refractivity contribution in [2.45, 2.75) is 125 Å². The summed E-state index contributed by atoms with van der Waals surface area (Å²) in [5, 5.41) is 0. The maximum atomic E-state index is 5.14. The molecular formula is C36H90CrO18P6. The Morgan fingerprint density at radius 1 is 0.148 bits per heavy atom. The van der Waals surface area contributed by atoms with E-state index in [4.69, 9.17) is 81.4 Å². The van der Waals surface area contributed by atoms with Crippen molar-refractivity contribution < 1.29 is 98.8 Å². The second-order valence-corrected chi connectivity index (χ2v) is 16.2. The first-order valence-corrected chi connectivity index (χ1v) is 27.8. The minimum Gasteiger partial charge on any atom is -0.313 e. The molecule has 0 saturated carbocycles. The van der Waals surface area contributed by atoms with Gasteiger partial charge in [-0.25, -0.2) is 0 Å². The Labute approximate surface area is 392 Å². The zero-order chi connectivity index (χ0) is 46.9. The minimum atomic E-state index is -1.06. The molecule has 378 valence electrons. The molecule has 0 N–H and O–H groups in total. The predicted molar refractivity (Wildman–Crippen MR) is 251 cm³/mol. The maximum absolute atomic E-state index is 5.14. The Hall–Kier alpha value is 2.39. The standard InChI is InChI=1S/6C6H15O3P.Cr/c6*1-4-7-10(8-5-2)9-6-3;/h6*4-6H2,1-3H3;. The van der Waals surface area contributed by atoms with Gasteiger partial charge in [0.25, 0.3) is 0 Å². The third-order valence-corrected chi connectivity index (χ3v) is 12.7. The first kappa shape index (κ1) is 77.6. The molecular weight excluding hydrogens is 958 g/mol. The first-order chi connectivity index (χ1) is 29.1. The van der Waals surface area contributed by atoms with Crippen LogP contribution in [0.15, 0.2) is 0 Å². The van der Waals surface area contributed by atoms with Crippen LogP contribution in [0.25, 0.3) is 0 Å². The van der Waals surface area contributed by atoms with Gasteiger partial charge in [0.15, 0.2) is 0 Å². The van der Waals surface area contributed by atoms with Crippen molar-refractivity contribution in [2.75, 3.05) is 119 Å². The molecule has 0 saturated heterocycles. The van der Waals surface area contributed by atoms with E-state index in [1.165, 1.54) is 0 Å². The van der Waals surface area contributed by atoms with Gasteiger partial charge in [-0.05, 0) is 125 Å². The van der Waals surface area contributed by atoms with Crippen LogP contribution in [0.5, 0.6) is 0 Å². The maximum Gasteiger partial charge on any atom is 0.332 e. The van der Waals surface area contributed by atoms with Gasteiger partial charge in [-0.15, -0.1) is 0 Å². The molecule has 0 heterocycles. The topological polar surface area (TPSA) is 166 Å². The summed E-state index contributed by atoms with van der Waals surface area (Å²) >= 11 is 0. The smallest absolute Gasteiger partial charge is 0.313 e. The SMILES string of the molecule is CCOP(OCC)OCC.CCOP(OCC)OCC.CCOP(OCC)OCC.CCOP(OCC)OCC.CCOP(OCC)OCC.CCOP(OCC)OCC.[Cr]. The summed E-state index contributed by atoms with van der Waals surface area (Å²) in [7, 11) is -6.37. The number of hydrogen-bond donors (Lipinski definition) is 0. The van der Waals surface area contributed by atoms with Crippen molar-refractivity contribution in [1.82, 2.24) is 0 Å². The van der Waals surface area contributed by atoms with Gasteiger partial charge in [0.2, 0.25) is 0 Å². The second kappa shape index (κ2) is 73.9. The van der Waals surface area contributed by atoms with Crippen molar-refractivity contribution in [1.29, 1.82) is 0 Å². The van der Waals surface area contributed by atoms with E-state index < -0.39 is 51.6 Å². The van der Waals surface area contributed by atoms with Gasteiger partial charge in [0, 0.05) is 17.4 Å². The van der Waals surface area contributed by atoms with E-state index in [9.17, 15) is 0 Å². The van der Waals surface area contributed by atoms with Crippen LogP contribution in [0.1, 0.15) is 125 Å². The zero-order valence-electron chi connectivity index (χ0n) is 41.2. The van der Waals surface area contributed by atoms with Crippen molar-refractivity contribution in [3.05, 3.63) is 0 Å². The average molecular weight is 1050 g/mol. The van der Waals surface area contributed by atoms with Gasteiger partial charge in [0.1, 0.15) is 0 Å². The van der Waals surface area contributed by atoms with E-state index in [0.29, 0.717) is 119 Å². The van der Waals surface area contributed by atoms with Gasteiger partial charge in [-0.1, -0.05) is 0 Å². The summed E-state index contributed by atoms with van der Waals surface area (Å²) in [5.74, 6) is 0. The van der Waals surface area contributed by atoms with E-state index in [-0.39, 0.29) is 17.4 Å². The Morgan fingerprint density at radius 3 is 0.230 bits per heavy atom. The molecule has 0 unspecified atom stereocenters. The third kappa shape index (κ3) is 71.6. The van der Waals surface area contributed by atoms with Gasteiger partial charge in [0.05, 0.1) is 119 Å². The van der Waals surface area contributed by atoms with Crippen LogP contribution in [0.3, 0.4) is 0 Å². The molecule has 0 atom stereocenters. The molecule has 61 heavy (non-hydrogen) atoms.